The van der Waals surface area contributed by atoms with Crippen molar-refractivity contribution in [2.75, 3.05) is 13.2 Å². The second-order valence-corrected chi connectivity index (χ2v) is 4.11. The van der Waals surface area contributed by atoms with Crippen LogP contribution < -0.4 is 0 Å². The van der Waals surface area contributed by atoms with E-state index in [-0.39, 0.29) is 13.2 Å². The van der Waals surface area contributed by atoms with Gasteiger partial charge in [0.1, 0.15) is 6.61 Å². The summed E-state index contributed by atoms with van der Waals surface area (Å²) in [7, 11) is 0. The van der Waals surface area contributed by atoms with Crippen LogP contribution >= 0.6 is 0 Å². The summed E-state index contributed by atoms with van der Waals surface area (Å²) >= 11 is 0. The van der Waals surface area contributed by atoms with Gasteiger partial charge in [0.05, 0.1) is 6.61 Å². The van der Waals surface area contributed by atoms with E-state index < -0.39 is 17.9 Å². The van der Waals surface area contributed by atoms with Crippen molar-refractivity contribution in [2.24, 2.45) is 0 Å². The van der Waals surface area contributed by atoms with Crippen LogP contribution in [-0.4, -0.2) is 40.9 Å². The first-order valence-electron chi connectivity index (χ1n) is 5.58. The van der Waals surface area contributed by atoms with Crippen molar-refractivity contribution in [1.29, 1.82) is 0 Å². The Morgan fingerprint density at radius 2 is 2.17 bits per heavy atom. The predicted molar refractivity (Wildman–Crippen MR) is 61.2 cm³/mol. The second kappa shape index (κ2) is 4.93. The van der Waals surface area contributed by atoms with Crippen LogP contribution in [0.4, 0.5) is 4.79 Å². The number of aliphatic hydroxyl groups excluding tert-OH is 2. The molecular formula is C12H15NO5. The lowest BCUT2D eigenvalue weighted by Crippen LogP contribution is -2.48. The molecule has 2 unspecified atom stereocenters. The fourth-order valence-corrected chi connectivity index (χ4v) is 1.92. The highest BCUT2D eigenvalue weighted by Gasteiger charge is 2.50. The monoisotopic (exact) mass is 253 g/mol. The largest absolute Gasteiger partial charge is 0.445 e. The lowest BCUT2D eigenvalue weighted by atomic mass is 9.92. The number of hydroxylamine groups is 2. The Morgan fingerprint density at radius 3 is 2.72 bits per heavy atom. The van der Waals surface area contributed by atoms with Crippen LogP contribution in [0.25, 0.3) is 0 Å². The molecule has 0 spiro atoms. The number of cyclic esters (lactones) is 1. The summed E-state index contributed by atoms with van der Waals surface area (Å²) in [6, 6.07) is 8.92. The van der Waals surface area contributed by atoms with E-state index in [0.29, 0.717) is 5.56 Å². The number of carbonyl (C=O) groups is 1. The molecule has 1 fully saturated rings. The van der Waals surface area contributed by atoms with E-state index in [1.54, 1.807) is 24.3 Å². The molecule has 6 heteroatoms. The summed E-state index contributed by atoms with van der Waals surface area (Å²) in [6.45, 7) is 0.979. The highest BCUT2D eigenvalue weighted by molar-refractivity contribution is 5.70. The third kappa shape index (κ3) is 2.05. The third-order valence-electron chi connectivity index (χ3n) is 2.82. The van der Waals surface area contributed by atoms with E-state index in [4.69, 9.17) is 9.57 Å². The Kier molecular flexibility index (Phi) is 3.51. The van der Waals surface area contributed by atoms with Crippen LogP contribution in [-0.2, 0) is 15.1 Å². The van der Waals surface area contributed by atoms with Gasteiger partial charge in [-0.3, -0.25) is 0 Å². The van der Waals surface area contributed by atoms with Gasteiger partial charge >= 0.3 is 6.09 Å². The highest BCUT2D eigenvalue weighted by Crippen LogP contribution is 2.35. The fourth-order valence-electron chi connectivity index (χ4n) is 1.92. The quantitative estimate of drug-likeness (QED) is 0.768. The normalized spacial score (nSPS) is 25.1. The first kappa shape index (κ1) is 12.8. The zero-order valence-electron chi connectivity index (χ0n) is 9.94. The van der Waals surface area contributed by atoms with Gasteiger partial charge in [-0.15, -0.1) is 0 Å². The van der Waals surface area contributed by atoms with Gasteiger partial charge in [-0.05, 0) is 12.5 Å². The maximum Gasteiger partial charge on any atom is 0.435 e. The Labute approximate surface area is 104 Å². The van der Waals surface area contributed by atoms with Crippen molar-refractivity contribution in [3.63, 3.8) is 0 Å². The van der Waals surface area contributed by atoms with Crippen LogP contribution in [0.15, 0.2) is 30.3 Å². The lowest BCUT2D eigenvalue weighted by Gasteiger charge is -2.33. The molecule has 6 nitrogen and oxygen atoms in total. The van der Waals surface area contributed by atoms with E-state index in [0.717, 1.165) is 5.06 Å². The van der Waals surface area contributed by atoms with Crippen molar-refractivity contribution in [3.8, 4) is 0 Å². The lowest BCUT2D eigenvalue weighted by molar-refractivity contribution is -0.263. The molecular weight excluding hydrogens is 238 g/mol. The molecule has 98 valence electrons. The molecule has 2 N–H and O–H groups in total. The van der Waals surface area contributed by atoms with Crippen LogP contribution in [0.2, 0.25) is 0 Å². The molecule has 1 heterocycles. The molecule has 0 aromatic heterocycles. The Balaban J connectivity index is 2.39. The van der Waals surface area contributed by atoms with Crippen LogP contribution in [0.1, 0.15) is 12.5 Å². The summed E-state index contributed by atoms with van der Waals surface area (Å²) in [5.74, 6) is 0. The molecule has 1 aromatic rings. The summed E-state index contributed by atoms with van der Waals surface area (Å²) < 4.78 is 4.92. The van der Waals surface area contributed by atoms with Crippen LogP contribution in [0.3, 0.4) is 0 Å². The Morgan fingerprint density at radius 1 is 1.50 bits per heavy atom. The topological polar surface area (TPSA) is 79.2 Å². The van der Waals surface area contributed by atoms with Gasteiger partial charge in [-0.25, -0.2) is 9.63 Å². The van der Waals surface area contributed by atoms with Crippen molar-refractivity contribution in [2.45, 2.75) is 18.8 Å². The zero-order chi connectivity index (χ0) is 13.2. The highest BCUT2D eigenvalue weighted by atomic mass is 16.8. The molecule has 2 rings (SSSR count). The van der Waals surface area contributed by atoms with E-state index >= 15 is 0 Å². The van der Waals surface area contributed by atoms with Crippen LogP contribution in [0, 0.1) is 0 Å². The number of aliphatic hydroxyl groups is 2. The van der Waals surface area contributed by atoms with Crippen molar-refractivity contribution in [3.05, 3.63) is 35.9 Å². The van der Waals surface area contributed by atoms with Crippen molar-refractivity contribution < 1.29 is 24.6 Å². The minimum absolute atomic E-state index is 0.0287. The fraction of sp³-hybridized carbons (Fsp3) is 0.417. The van der Waals surface area contributed by atoms with Gasteiger partial charge in [0.15, 0.2) is 11.8 Å². The molecule has 0 aliphatic carbocycles. The SMILES string of the molecule is CC(O)ON1C(=O)OCC1(CO)c1ccccc1. The first-order valence-corrected chi connectivity index (χ1v) is 5.58. The van der Waals surface area contributed by atoms with Gasteiger partial charge < -0.3 is 14.9 Å². The van der Waals surface area contributed by atoms with E-state index in [1.807, 2.05) is 6.07 Å². The average molecular weight is 253 g/mol. The van der Waals surface area contributed by atoms with E-state index in [2.05, 4.69) is 0 Å². The molecule has 1 amide bonds. The molecule has 1 aliphatic rings. The average Bonchev–Trinajstić information content (AvgIpc) is 2.69. The number of benzene rings is 1. The molecule has 0 radical (unpaired) electrons. The van der Waals surface area contributed by atoms with Gasteiger partial charge in [0.2, 0.25) is 0 Å². The number of rotatable bonds is 4. The summed E-state index contributed by atoms with van der Waals surface area (Å²) in [4.78, 5) is 16.7. The van der Waals surface area contributed by atoms with Crippen molar-refractivity contribution in [1.82, 2.24) is 5.06 Å². The minimum Gasteiger partial charge on any atom is -0.445 e. The molecule has 0 bridgehead atoms. The number of hydrogen-bond acceptors (Lipinski definition) is 5. The minimum atomic E-state index is -1.18. The molecule has 1 aliphatic heterocycles. The number of nitrogens with zero attached hydrogens (tertiary/aromatic N) is 1. The van der Waals surface area contributed by atoms with Gasteiger partial charge in [-0.2, -0.15) is 5.06 Å². The predicted octanol–water partition coefficient (Wildman–Crippen LogP) is 0.596. The second-order valence-electron chi connectivity index (χ2n) is 4.11. The Hall–Kier alpha value is -1.63. The molecule has 0 saturated carbocycles. The third-order valence-corrected chi connectivity index (χ3v) is 2.82. The van der Waals surface area contributed by atoms with Gasteiger partial charge in [0.25, 0.3) is 0 Å². The number of carbonyl (C=O) groups excluding carboxylic acids is 1. The van der Waals surface area contributed by atoms with Gasteiger partial charge in [0, 0.05) is 0 Å². The smallest absolute Gasteiger partial charge is 0.435 e. The number of hydrogen-bond donors (Lipinski definition) is 2. The molecule has 2 atom stereocenters. The zero-order valence-corrected chi connectivity index (χ0v) is 9.94. The Bertz CT molecular complexity index is 422. The van der Waals surface area contributed by atoms with E-state index in [1.165, 1.54) is 6.92 Å². The van der Waals surface area contributed by atoms with E-state index in [9.17, 15) is 15.0 Å². The van der Waals surface area contributed by atoms with Crippen molar-refractivity contribution >= 4 is 6.09 Å². The maximum absolute atomic E-state index is 11.6. The van der Waals surface area contributed by atoms with Crippen LogP contribution in [0.5, 0.6) is 0 Å². The summed E-state index contributed by atoms with van der Waals surface area (Å²) in [6.07, 6.45) is -1.90. The first-order chi connectivity index (χ1) is 8.60. The maximum atomic E-state index is 11.6. The van der Waals surface area contributed by atoms with Gasteiger partial charge in [-0.1, -0.05) is 30.3 Å². The number of amides is 1. The number of ether oxygens (including phenoxy) is 1. The molecule has 18 heavy (non-hydrogen) atoms. The summed E-state index contributed by atoms with van der Waals surface area (Å²) in [5.41, 5.74) is -0.436. The standard InChI is InChI=1S/C12H15NO5/c1-9(15)18-13-11(16)17-8-12(13,7-14)10-5-3-2-4-6-10/h2-6,9,14-15H,7-8H2,1H3. The summed E-state index contributed by atoms with van der Waals surface area (Å²) in [5, 5.41) is 19.8. The molecule has 1 saturated heterocycles. The molecule has 1 aromatic carbocycles.